The third kappa shape index (κ3) is 10.0. The highest BCUT2D eigenvalue weighted by Crippen LogP contribution is 2.35. The zero-order chi connectivity index (χ0) is 34.8. The zero-order valence-corrected chi connectivity index (χ0v) is 29.5. The fraction of sp³-hybridized carbons (Fsp3) is 0.390. The Morgan fingerprint density at radius 1 is 0.740 bits per heavy atom. The number of ether oxygens (including phenoxy) is 6. The summed E-state index contributed by atoms with van der Waals surface area (Å²) in [6.07, 6.45) is -3.50. The first-order valence-corrected chi connectivity index (χ1v) is 18.8. The number of aliphatic hydroxyl groups is 1. The summed E-state index contributed by atoms with van der Waals surface area (Å²) < 4.78 is 37.5. The Kier molecular flexibility index (Phi) is 12.8. The minimum absolute atomic E-state index is 0.0725. The van der Waals surface area contributed by atoms with Gasteiger partial charge in [0.05, 0.1) is 26.4 Å². The molecule has 2 aliphatic rings. The van der Waals surface area contributed by atoms with Gasteiger partial charge in [-0.1, -0.05) is 121 Å². The van der Waals surface area contributed by atoms with Gasteiger partial charge in [-0.05, 0) is 36.1 Å². The number of benzene rings is 4. The third-order valence-corrected chi connectivity index (χ3v) is 11.7. The molecule has 0 bridgehead atoms. The molecule has 2 fully saturated rings. The van der Waals surface area contributed by atoms with Gasteiger partial charge in [-0.3, -0.25) is 0 Å². The summed E-state index contributed by atoms with van der Waals surface area (Å²) in [7, 11) is -0.424. The van der Waals surface area contributed by atoms with Crippen LogP contribution in [0.4, 0.5) is 0 Å². The second-order valence-electron chi connectivity index (χ2n) is 13.2. The lowest BCUT2D eigenvalue weighted by Crippen LogP contribution is -2.46. The van der Waals surface area contributed by atoms with Crippen LogP contribution in [0.2, 0.25) is 0 Å². The van der Waals surface area contributed by atoms with Crippen molar-refractivity contribution >= 4 is 16.9 Å². The highest BCUT2D eigenvalue weighted by Gasteiger charge is 2.56. The minimum atomic E-state index is -1.07. The molecule has 8 nitrogen and oxygen atoms in total. The number of carbonyl (C=O) groups excluding carboxylic acids is 1. The molecule has 4 aromatic carbocycles. The molecule has 6 rings (SSSR count). The van der Waals surface area contributed by atoms with Crippen molar-refractivity contribution in [2.45, 2.75) is 81.8 Å². The van der Waals surface area contributed by atoms with E-state index in [-0.39, 0.29) is 24.1 Å². The summed E-state index contributed by atoms with van der Waals surface area (Å²) in [5.41, 5.74) is 4.10. The van der Waals surface area contributed by atoms with Crippen LogP contribution in [0.3, 0.4) is 0 Å². The van der Waals surface area contributed by atoms with Gasteiger partial charge in [0.1, 0.15) is 42.5 Å². The minimum Gasteiger partial charge on any atom is -0.459 e. The van der Waals surface area contributed by atoms with Crippen LogP contribution in [0.1, 0.15) is 36.1 Å². The molecule has 2 aliphatic heterocycles. The number of rotatable bonds is 16. The van der Waals surface area contributed by atoms with E-state index >= 15 is 0 Å². The Morgan fingerprint density at radius 3 is 1.80 bits per heavy atom. The number of hydrogen-bond donors (Lipinski definition) is 1. The molecule has 9 heteroatoms. The second kappa shape index (κ2) is 17.6. The van der Waals surface area contributed by atoms with Crippen molar-refractivity contribution in [3.8, 4) is 0 Å². The fourth-order valence-corrected chi connectivity index (χ4v) is 9.28. The molecule has 0 saturated carbocycles. The number of aliphatic hydroxyl groups excluding tert-OH is 1. The van der Waals surface area contributed by atoms with Gasteiger partial charge in [-0.15, -0.1) is 0 Å². The Morgan fingerprint density at radius 2 is 1.24 bits per heavy atom. The van der Waals surface area contributed by atoms with Crippen molar-refractivity contribution < 1.29 is 38.3 Å². The van der Waals surface area contributed by atoms with E-state index in [0.717, 1.165) is 22.3 Å². The predicted molar refractivity (Wildman–Crippen MR) is 193 cm³/mol. The smallest absolute Gasteiger partial charge is 0.338 e. The van der Waals surface area contributed by atoms with Crippen molar-refractivity contribution in [2.75, 3.05) is 18.1 Å². The quantitative estimate of drug-likeness (QED) is 0.113. The van der Waals surface area contributed by atoms with Gasteiger partial charge in [0.25, 0.3) is 0 Å². The molecule has 1 unspecified atom stereocenters. The molecule has 0 aromatic heterocycles. The largest absolute Gasteiger partial charge is 0.459 e. The second-order valence-corrected chi connectivity index (χ2v) is 15.5. The summed E-state index contributed by atoms with van der Waals surface area (Å²) in [4.78, 5) is 13.3. The van der Waals surface area contributed by atoms with Crippen LogP contribution < -0.4 is 0 Å². The maximum Gasteiger partial charge on any atom is 0.338 e. The lowest BCUT2D eigenvalue weighted by molar-refractivity contribution is -0.171. The van der Waals surface area contributed by atoms with E-state index in [4.69, 9.17) is 28.4 Å². The topological polar surface area (TPSA) is 92.7 Å². The van der Waals surface area contributed by atoms with Crippen molar-refractivity contribution in [1.82, 2.24) is 0 Å². The maximum atomic E-state index is 13.3. The predicted octanol–water partition coefficient (Wildman–Crippen LogP) is 6.00. The first-order chi connectivity index (χ1) is 24.3. The molecule has 50 heavy (non-hydrogen) atoms. The van der Waals surface area contributed by atoms with Gasteiger partial charge in [0, 0.05) is 10.9 Å². The summed E-state index contributed by atoms with van der Waals surface area (Å²) in [5, 5.41) is 11.8. The molecular formula is C41H47O8S+. The highest BCUT2D eigenvalue weighted by molar-refractivity contribution is 7.97. The van der Waals surface area contributed by atoms with Crippen LogP contribution in [0, 0.1) is 0 Å². The van der Waals surface area contributed by atoms with Crippen LogP contribution in [0.25, 0.3) is 0 Å². The van der Waals surface area contributed by atoms with E-state index in [2.05, 4.69) is 24.3 Å². The fourth-order valence-electron chi connectivity index (χ4n) is 6.39. The Bertz CT molecular complexity index is 1590. The standard InChI is InChI=1S/C41H47O8S/c1-41(2)48-37(39(49-41)40(43)47-26-33-21-13-6-14-22-33)34(42)28-50-29-35(45-24-31-17-9-4-10-18-31)38(46-25-32-19-11-5-12-20-32)36(50)27-44-23-30-15-7-3-8-16-30/h3-22,34-39,42H,23-29H2,1-2H3/q+1/t34-,35-,36-,37-,38+,39-,50?/m1/s1. The number of carbonyl (C=O) groups is 1. The van der Waals surface area contributed by atoms with Gasteiger partial charge in [0.2, 0.25) is 0 Å². The van der Waals surface area contributed by atoms with Crippen molar-refractivity contribution in [2.24, 2.45) is 0 Å². The lowest BCUT2D eigenvalue weighted by atomic mass is 10.1. The Hall–Kier alpha value is -3.54. The maximum absolute atomic E-state index is 13.3. The van der Waals surface area contributed by atoms with Gasteiger partial charge in [-0.25, -0.2) is 4.79 Å². The molecule has 7 atom stereocenters. The Labute approximate surface area is 298 Å². The Balaban J connectivity index is 1.20. The molecule has 0 spiro atoms. The van der Waals surface area contributed by atoms with Crippen LogP contribution in [0.15, 0.2) is 121 Å². The van der Waals surface area contributed by atoms with E-state index in [1.54, 1.807) is 13.8 Å². The average molecular weight is 700 g/mol. The molecule has 264 valence electrons. The summed E-state index contributed by atoms with van der Waals surface area (Å²) in [5.74, 6) is -0.596. The molecule has 0 aliphatic carbocycles. The zero-order valence-electron chi connectivity index (χ0n) is 28.7. The molecule has 0 amide bonds. The molecule has 0 radical (unpaired) electrons. The number of esters is 1. The monoisotopic (exact) mass is 699 g/mol. The highest BCUT2D eigenvalue weighted by atomic mass is 32.2. The molecule has 1 N–H and O–H groups in total. The SMILES string of the molecule is CC1(C)O[C@H]([C@H](O)C[S+]2C[C@@H](OCc3ccccc3)[C@H](OCc3ccccc3)[C@H]2COCc2ccccc2)[C@H](C(=O)OCc2ccccc2)O1. The van der Waals surface area contributed by atoms with Crippen LogP contribution >= 0.6 is 0 Å². The normalized spacial score (nSPS) is 24.9. The van der Waals surface area contributed by atoms with Gasteiger partial charge in [-0.2, -0.15) is 0 Å². The van der Waals surface area contributed by atoms with Crippen molar-refractivity contribution in [1.29, 1.82) is 0 Å². The molecule has 2 saturated heterocycles. The van der Waals surface area contributed by atoms with Gasteiger partial charge < -0.3 is 33.5 Å². The molecule has 2 heterocycles. The van der Waals surface area contributed by atoms with E-state index in [1.807, 2.05) is 97.1 Å². The van der Waals surface area contributed by atoms with E-state index in [9.17, 15) is 9.90 Å². The molecule has 4 aromatic rings. The van der Waals surface area contributed by atoms with Crippen LogP contribution in [-0.4, -0.2) is 70.7 Å². The third-order valence-electron chi connectivity index (χ3n) is 8.87. The summed E-state index contributed by atoms with van der Waals surface area (Å²) in [6, 6.07) is 39.8. The van der Waals surface area contributed by atoms with Gasteiger partial charge in [0.15, 0.2) is 17.1 Å². The average Bonchev–Trinajstić information content (AvgIpc) is 3.65. The van der Waals surface area contributed by atoms with E-state index < -0.39 is 41.0 Å². The molecular weight excluding hydrogens is 653 g/mol. The van der Waals surface area contributed by atoms with Crippen LogP contribution in [0.5, 0.6) is 0 Å². The first-order valence-electron chi connectivity index (χ1n) is 17.2. The number of hydrogen-bond acceptors (Lipinski definition) is 8. The van der Waals surface area contributed by atoms with E-state index in [1.165, 1.54) is 0 Å². The summed E-state index contributed by atoms with van der Waals surface area (Å²) in [6.45, 7) is 5.35. The van der Waals surface area contributed by atoms with E-state index in [0.29, 0.717) is 37.9 Å². The lowest BCUT2D eigenvalue weighted by Gasteiger charge is -2.24. The summed E-state index contributed by atoms with van der Waals surface area (Å²) >= 11 is 0. The van der Waals surface area contributed by atoms with Gasteiger partial charge >= 0.3 is 5.97 Å². The van der Waals surface area contributed by atoms with Crippen molar-refractivity contribution in [3.63, 3.8) is 0 Å². The first kappa shape index (κ1) is 36.3. The van der Waals surface area contributed by atoms with Crippen LogP contribution in [-0.2, 0) is 70.5 Å². The van der Waals surface area contributed by atoms with Crippen molar-refractivity contribution in [3.05, 3.63) is 144 Å².